The van der Waals surface area contributed by atoms with Crippen molar-refractivity contribution in [1.82, 2.24) is 0 Å². The van der Waals surface area contributed by atoms with Gasteiger partial charge in [0.1, 0.15) is 0 Å². The molecule has 0 spiro atoms. The molecule has 0 radical (unpaired) electrons. The van der Waals surface area contributed by atoms with Crippen LogP contribution in [0.4, 0.5) is 5.69 Å². The maximum Gasteiger partial charge on any atom is 0.294 e. The Morgan fingerprint density at radius 1 is 1.41 bits per heavy atom. The first-order chi connectivity index (χ1) is 7.39. The topological polar surface area (TPSA) is 74.7 Å². The fourth-order valence-corrected chi connectivity index (χ4v) is 2.40. The average Bonchev–Trinajstić information content (AvgIpc) is 2.58. The second-order valence-corrected chi connectivity index (χ2v) is 5.11. The molecular weight excluding hydrogens is 266 g/mol. The molecule has 7 heteroatoms. The minimum atomic E-state index is -4.17. The van der Waals surface area contributed by atoms with Crippen LogP contribution in [-0.2, 0) is 21.3 Å². The molecule has 94 valence electrons. The molecule has 1 aliphatic heterocycles. The lowest BCUT2D eigenvalue weighted by Crippen LogP contribution is -2.25. The zero-order valence-electron chi connectivity index (χ0n) is 9.08. The summed E-state index contributed by atoms with van der Waals surface area (Å²) in [6, 6.07) is 4.26. The maximum absolute atomic E-state index is 11.2. The van der Waals surface area contributed by atoms with Gasteiger partial charge in [0.05, 0.1) is 4.90 Å². The van der Waals surface area contributed by atoms with Crippen LogP contribution in [0, 0.1) is 0 Å². The predicted octanol–water partition coefficient (Wildman–Crippen LogP) is 1.26. The molecule has 0 saturated heterocycles. The number of halogens is 1. The van der Waals surface area contributed by atoms with Crippen molar-refractivity contribution in [2.45, 2.75) is 18.2 Å². The molecule has 0 atom stereocenters. The Morgan fingerprint density at radius 3 is 2.59 bits per heavy atom. The van der Waals surface area contributed by atoms with E-state index in [9.17, 15) is 13.2 Å². The molecule has 1 aromatic rings. The summed E-state index contributed by atoms with van der Waals surface area (Å²) >= 11 is 0. The van der Waals surface area contributed by atoms with Gasteiger partial charge in [-0.15, -0.1) is 12.4 Å². The predicted molar refractivity (Wildman–Crippen MR) is 65.2 cm³/mol. The Hall–Kier alpha value is -1.11. The van der Waals surface area contributed by atoms with E-state index in [2.05, 4.69) is 0 Å². The number of hydrogen-bond donors (Lipinski definition) is 1. The Kier molecular flexibility index (Phi) is 3.81. The number of anilines is 1. The number of carbonyl (C=O) groups is 1. The summed E-state index contributed by atoms with van der Waals surface area (Å²) in [6.45, 7) is 2.02. The fourth-order valence-electron chi connectivity index (χ4n) is 1.87. The van der Waals surface area contributed by atoms with Crippen LogP contribution in [0.25, 0.3) is 0 Å². The second kappa shape index (κ2) is 4.64. The molecule has 1 amide bonds. The van der Waals surface area contributed by atoms with E-state index in [1.165, 1.54) is 19.1 Å². The number of hydrogen-bond acceptors (Lipinski definition) is 3. The van der Waals surface area contributed by atoms with Crippen LogP contribution in [0.5, 0.6) is 0 Å². The summed E-state index contributed by atoms with van der Waals surface area (Å²) in [5, 5.41) is 0. The Balaban J connectivity index is 0.00000144. The third kappa shape index (κ3) is 2.59. The van der Waals surface area contributed by atoms with Crippen molar-refractivity contribution >= 4 is 34.1 Å². The van der Waals surface area contributed by atoms with E-state index >= 15 is 0 Å². The Bertz CT molecular complexity index is 555. The van der Waals surface area contributed by atoms with E-state index < -0.39 is 10.1 Å². The molecule has 0 bridgehead atoms. The highest BCUT2D eigenvalue weighted by Gasteiger charge is 2.23. The third-order valence-corrected chi connectivity index (χ3v) is 3.47. The monoisotopic (exact) mass is 277 g/mol. The average molecular weight is 278 g/mol. The normalized spacial score (nSPS) is 14.1. The summed E-state index contributed by atoms with van der Waals surface area (Å²) in [6.07, 6.45) is 0.609. The zero-order valence-corrected chi connectivity index (χ0v) is 10.7. The summed E-state index contributed by atoms with van der Waals surface area (Å²) in [4.78, 5) is 12.7. The minimum Gasteiger partial charge on any atom is -0.312 e. The van der Waals surface area contributed by atoms with Gasteiger partial charge in [0, 0.05) is 19.2 Å². The van der Waals surface area contributed by atoms with Gasteiger partial charge < -0.3 is 4.90 Å². The third-order valence-electron chi connectivity index (χ3n) is 2.62. The van der Waals surface area contributed by atoms with Gasteiger partial charge in [0.15, 0.2) is 0 Å². The van der Waals surface area contributed by atoms with Crippen LogP contribution in [-0.4, -0.2) is 25.4 Å². The van der Waals surface area contributed by atoms with Gasteiger partial charge in [0.25, 0.3) is 10.1 Å². The number of rotatable bonds is 1. The molecule has 0 fully saturated rings. The number of amides is 1. The van der Waals surface area contributed by atoms with E-state index in [1.807, 2.05) is 0 Å². The number of benzene rings is 1. The van der Waals surface area contributed by atoms with E-state index in [0.29, 0.717) is 13.0 Å². The lowest BCUT2D eigenvalue weighted by atomic mass is 10.2. The van der Waals surface area contributed by atoms with Crippen LogP contribution in [0.15, 0.2) is 23.1 Å². The van der Waals surface area contributed by atoms with Crippen LogP contribution >= 0.6 is 12.4 Å². The van der Waals surface area contributed by atoms with Gasteiger partial charge in [-0.05, 0) is 30.2 Å². The Labute approximate surface area is 106 Å². The smallest absolute Gasteiger partial charge is 0.294 e. The Morgan fingerprint density at radius 2 is 2.06 bits per heavy atom. The molecule has 1 N–H and O–H groups in total. The molecular formula is C10H12ClNO4S. The van der Waals surface area contributed by atoms with Crippen LogP contribution < -0.4 is 4.90 Å². The fraction of sp³-hybridized carbons (Fsp3) is 0.300. The molecule has 1 aromatic carbocycles. The van der Waals surface area contributed by atoms with E-state index in [4.69, 9.17) is 4.55 Å². The first kappa shape index (κ1) is 14.0. The zero-order chi connectivity index (χ0) is 11.9. The lowest BCUT2D eigenvalue weighted by Gasteiger charge is -2.14. The minimum absolute atomic E-state index is 0. The molecule has 0 aromatic heterocycles. The number of carbonyl (C=O) groups excluding carboxylic acids is 1. The quantitative estimate of drug-likeness (QED) is 0.785. The molecule has 2 rings (SSSR count). The van der Waals surface area contributed by atoms with Crippen molar-refractivity contribution < 1.29 is 17.8 Å². The molecule has 0 saturated carbocycles. The van der Waals surface area contributed by atoms with Gasteiger partial charge in [-0.25, -0.2) is 0 Å². The van der Waals surface area contributed by atoms with Crippen LogP contribution in [0.1, 0.15) is 12.5 Å². The van der Waals surface area contributed by atoms with Crippen molar-refractivity contribution in [3.05, 3.63) is 23.8 Å². The second-order valence-electron chi connectivity index (χ2n) is 3.69. The van der Waals surface area contributed by atoms with Crippen molar-refractivity contribution in [2.24, 2.45) is 0 Å². The number of fused-ring (bicyclic) bond motifs is 1. The van der Waals surface area contributed by atoms with Gasteiger partial charge >= 0.3 is 0 Å². The van der Waals surface area contributed by atoms with Gasteiger partial charge in [-0.3, -0.25) is 9.35 Å². The van der Waals surface area contributed by atoms with Crippen molar-refractivity contribution in [1.29, 1.82) is 0 Å². The van der Waals surface area contributed by atoms with Crippen molar-refractivity contribution in [3.63, 3.8) is 0 Å². The lowest BCUT2D eigenvalue weighted by molar-refractivity contribution is -0.116. The first-order valence-electron chi connectivity index (χ1n) is 4.78. The largest absolute Gasteiger partial charge is 0.312 e. The summed E-state index contributed by atoms with van der Waals surface area (Å²) in [5.74, 6) is -0.0710. The SMILES string of the molecule is CC(=O)N1CCc2cc(S(=O)(=O)O)ccc21.Cl. The highest BCUT2D eigenvalue weighted by atomic mass is 35.5. The maximum atomic E-state index is 11.2. The van der Waals surface area contributed by atoms with E-state index in [-0.39, 0.29) is 23.2 Å². The molecule has 17 heavy (non-hydrogen) atoms. The molecule has 1 aliphatic rings. The van der Waals surface area contributed by atoms with Crippen LogP contribution in [0.2, 0.25) is 0 Å². The van der Waals surface area contributed by atoms with Gasteiger partial charge in [0.2, 0.25) is 5.91 Å². The highest BCUT2D eigenvalue weighted by Crippen LogP contribution is 2.29. The van der Waals surface area contributed by atoms with Crippen LogP contribution in [0.3, 0.4) is 0 Å². The summed E-state index contributed by atoms with van der Waals surface area (Å²) in [7, 11) is -4.17. The summed E-state index contributed by atoms with van der Waals surface area (Å²) < 4.78 is 30.7. The highest BCUT2D eigenvalue weighted by molar-refractivity contribution is 7.85. The van der Waals surface area contributed by atoms with Crippen molar-refractivity contribution in [3.8, 4) is 0 Å². The van der Waals surface area contributed by atoms with E-state index in [1.54, 1.807) is 11.0 Å². The molecule has 1 heterocycles. The summed E-state index contributed by atoms with van der Waals surface area (Å²) in [5.41, 5.74) is 1.49. The molecule has 5 nitrogen and oxygen atoms in total. The molecule has 0 unspecified atom stereocenters. The van der Waals surface area contributed by atoms with Crippen molar-refractivity contribution in [2.75, 3.05) is 11.4 Å². The standard InChI is InChI=1S/C10H11NO4S.ClH/c1-7(12)11-5-4-8-6-9(16(13,14)15)2-3-10(8)11;/h2-3,6H,4-5H2,1H3,(H,13,14,15);1H. The number of nitrogens with zero attached hydrogens (tertiary/aromatic N) is 1. The molecule has 0 aliphatic carbocycles. The van der Waals surface area contributed by atoms with Gasteiger partial charge in [-0.2, -0.15) is 8.42 Å². The van der Waals surface area contributed by atoms with Gasteiger partial charge in [-0.1, -0.05) is 0 Å². The first-order valence-corrected chi connectivity index (χ1v) is 6.22. The van der Waals surface area contributed by atoms with E-state index in [0.717, 1.165) is 11.3 Å².